The lowest BCUT2D eigenvalue weighted by Crippen LogP contribution is -2.38. The van der Waals surface area contributed by atoms with E-state index in [0.717, 1.165) is 43.2 Å². The molecule has 2 aromatic carbocycles. The van der Waals surface area contributed by atoms with Crippen LogP contribution in [0.5, 0.6) is 23.0 Å². The van der Waals surface area contributed by atoms with E-state index < -0.39 is 0 Å². The second-order valence-corrected chi connectivity index (χ2v) is 7.39. The smallest absolute Gasteiger partial charge is 0.203 e. The molecule has 1 atom stereocenters. The average Bonchev–Trinajstić information content (AvgIpc) is 2.83. The standard InChI is InChI=1S/C25H37N3O4/c1-7-26-25(27-16-14-18(2)19-8-11-21(29-3)12-9-19)28-17-15-20-10-13-22(30-4)24(32-6)23(20)31-5/h8-13,18H,7,14-17H2,1-6H3,(H2,26,27,28). The molecule has 2 aromatic rings. The summed E-state index contributed by atoms with van der Waals surface area (Å²) >= 11 is 0. The van der Waals surface area contributed by atoms with Crippen LogP contribution in [0.25, 0.3) is 0 Å². The lowest BCUT2D eigenvalue weighted by molar-refractivity contribution is 0.322. The average molecular weight is 444 g/mol. The number of hydrogen-bond donors (Lipinski definition) is 2. The number of aliphatic imine (C=N–C) groups is 1. The molecule has 0 aliphatic carbocycles. The molecule has 1 unspecified atom stereocenters. The first-order valence-electron chi connectivity index (χ1n) is 11.0. The molecule has 7 nitrogen and oxygen atoms in total. The summed E-state index contributed by atoms with van der Waals surface area (Å²) in [5.41, 5.74) is 2.33. The first kappa shape index (κ1) is 25.2. The molecule has 176 valence electrons. The second-order valence-electron chi connectivity index (χ2n) is 7.39. The van der Waals surface area contributed by atoms with Crippen molar-refractivity contribution >= 4 is 5.96 Å². The van der Waals surface area contributed by atoms with Crippen LogP contribution in [-0.4, -0.2) is 54.0 Å². The van der Waals surface area contributed by atoms with E-state index >= 15 is 0 Å². The highest BCUT2D eigenvalue weighted by molar-refractivity contribution is 5.79. The molecule has 0 saturated heterocycles. The lowest BCUT2D eigenvalue weighted by Gasteiger charge is -2.17. The summed E-state index contributed by atoms with van der Waals surface area (Å²) in [5.74, 6) is 4.08. The first-order chi connectivity index (χ1) is 15.6. The highest BCUT2D eigenvalue weighted by atomic mass is 16.5. The van der Waals surface area contributed by atoms with Gasteiger partial charge in [0, 0.05) is 25.2 Å². The largest absolute Gasteiger partial charge is 0.497 e. The number of nitrogens with zero attached hydrogens (tertiary/aromatic N) is 1. The number of rotatable bonds is 12. The first-order valence-corrected chi connectivity index (χ1v) is 11.0. The predicted octanol–water partition coefficient (Wildman–Crippen LogP) is 4.01. The SMILES string of the molecule is CCNC(=NCCC(C)c1ccc(OC)cc1)NCCc1ccc(OC)c(OC)c1OC. The van der Waals surface area contributed by atoms with Crippen molar-refractivity contribution in [1.82, 2.24) is 10.6 Å². The van der Waals surface area contributed by atoms with Crippen LogP contribution in [0.2, 0.25) is 0 Å². The maximum atomic E-state index is 5.58. The Bertz CT molecular complexity index is 853. The number of hydrogen-bond acceptors (Lipinski definition) is 5. The highest BCUT2D eigenvalue weighted by Crippen LogP contribution is 2.39. The highest BCUT2D eigenvalue weighted by Gasteiger charge is 2.15. The van der Waals surface area contributed by atoms with Crippen LogP contribution in [0.15, 0.2) is 41.4 Å². The molecule has 0 amide bonds. The van der Waals surface area contributed by atoms with Crippen LogP contribution in [0.1, 0.15) is 37.3 Å². The molecule has 0 fully saturated rings. The fourth-order valence-corrected chi connectivity index (χ4v) is 3.49. The molecule has 0 radical (unpaired) electrons. The number of ether oxygens (including phenoxy) is 4. The number of nitrogens with one attached hydrogen (secondary N) is 2. The Hall–Kier alpha value is -3.09. The molecule has 0 saturated carbocycles. The third kappa shape index (κ3) is 6.97. The van der Waals surface area contributed by atoms with Gasteiger partial charge in [0.15, 0.2) is 17.5 Å². The zero-order valence-corrected chi connectivity index (χ0v) is 20.2. The molecule has 2 N–H and O–H groups in total. The quantitative estimate of drug-likeness (QED) is 0.381. The minimum atomic E-state index is 0.420. The molecular formula is C25H37N3O4. The molecular weight excluding hydrogens is 406 g/mol. The predicted molar refractivity (Wildman–Crippen MR) is 130 cm³/mol. The lowest BCUT2D eigenvalue weighted by atomic mass is 9.98. The normalized spacial score (nSPS) is 12.1. The summed E-state index contributed by atoms with van der Waals surface area (Å²) in [6.07, 6.45) is 1.72. The van der Waals surface area contributed by atoms with Gasteiger partial charge in [-0.15, -0.1) is 0 Å². The summed E-state index contributed by atoms with van der Waals surface area (Å²) in [4.78, 5) is 4.74. The Morgan fingerprint density at radius 1 is 0.875 bits per heavy atom. The molecule has 0 spiro atoms. The number of methoxy groups -OCH3 is 4. The summed E-state index contributed by atoms with van der Waals surface area (Å²) in [5, 5.41) is 6.72. The summed E-state index contributed by atoms with van der Waals surface area (Å²) < 4.78 is 21.6. The van der Waals surface area contributed by atoms with E-state index in [1.165, 1.54) is 5.56 Å². The monoisotopic (exact) mass is 443 g/mol. The summed E-state index contributed by atoms with van der Waals surface area (Å²) in [6.45, 7) is 6.54. The Morgan fingerprint density at radius 3 is 2.19 bits per heavy atom. The van der Waals surface area contributed by atoms with Crippen LogP contribution in [-0.2, 0) is 6.42 Å². The summed E-state index contributed by atoms with van der Waals surface area (Å²) in [7, 11) is 6.56. The van der Waals surface area contributed by atoms with Gasteiger partial charge in [0.1, 0.15) is 5.75 Å². The van der Waals surface area contributed by atoms with E-state index in [-0.39, 0.29) is 0 Å². The zero-order valence-electron chi connectivity index (χ0n) is 20.2. The van der Waals surface area contributed by atoms with E-state index in [4.69, 9.17) is 23.9 Å². The van der Waals surface area contributed by atoms with Crippen molar-refractivity contribution in [2.75, 3.05) is 48.1 Å². The fourth-order valence-electron chi connectivity index (χ4n) is 3.49. The van der Waals surface area contributed by atoms with Crippen LogP contribution in [0.3, 0.4) is 0 Å². The van der Waals surface area contributed by atoms with Gasteiger partial charge in [0.25, 0.3) is 0 Å². The van der Waals surface area contributed by atoms with Crippen LogP contribution in [0.4, 0.5) is 0 Å². The molecule has 7 heteroatoms. The van der Waals surface area contributed by atoms with Crippen molar-refractivity contribution in [2.24, 2.45) is 4.99 Å². The Kier molecular flexibility index (Phi) is 10.5. The molecule has 32 heavy (non-hydrogen) atoms. The Balaban J connectivity index is 1.93. The van der Waals surface area contributed by atoms with Crippen molar-refractivity contribution in [1.29, 1.82) is 0 Å². The van der Waals surface area contributed by atoms with Gasteiger partial charge < -0.3 is 29.6 Å². The molecule has 0 aliphatic heterocycles. The third-order valence-electron chi connectivity index (χ3n) is 5.33. The van der Waals surface area contributed by atoms with E-state index in [1.54, 1.807) is 28.4 Å². The van der Waals surface area contributed by atoms with Crippen molar-refractivity contribution in [3.63, 3.8) is 0 Å². The summed E-state index contributed by atoms with van der Waals surface area (Å²) in [6, 6.07) is 12.1. The van der Waals surface area contributed by atoms with E-state index in [1.807, 2.05) is 24.3 Å². The van der Waals surface area contributed by atoms with Crippen LogP contribution in [0, 0.1) is 0 Å². The van der Waals surface area contributed by atoms with Crippen molar-refractivity contribution in [3.8, 4) is 23.0 Å². The van der Waals surface area contributed by atoms with E-state index in [2.05, 4.69) is 36.6 Å². The number of guanidine groups is 1. The fraction of sp³-hybridized carbons (Fsp3) is 0.480. The van der Waals surface area contributed by atoms with Crippen LogP contribution < -0.4 is 29.6 Å². The molecule has 0 aromatic heterocycles. The van der Waals surface area contributed by atoms with Gasteiger partial charge >= 0.3 is 0 Å². The van der Waals surface area contributed by atoms with Gasteiger partial charge in [0.2, 0.25) is 5.75 Å². The van der Waals surface area contributed by atoms with Gasteiger partial charge in [-0.1, -0.05) is 25.1 Å². The molecule has 2 rings (SSSR count). The van der Waals surface area contributed by atoms with Crippen molar-refractivity contribution in [3.05, 3.63) is 47.5 Å². The number of benzene rings is 2. The Labute approximate surface area is 192 Å². The van der Waals surface area contributed by atoms with Gasteiger partial charge in [0.05, 0.1) is 28.4 Å². The zero-order chi connectivity index (χ0) is 23.3. The maximum absolute atomic E-state index is 5.58. The van der Waals surface area contributed by atoms with Gasteiger partial charge in [-0.3, -0.25) is 4.99 Å². The van der Waals surface area contributed by atoms with Crippen molar-refractivity contribution in [2.45, 2.75) is 32.6 Å². The van der Waals surface area contributed by atoms with Gasteiger partial charge in [-0.25, -0.2) is 0 Å². The minimum absolute atomic E-state index is 0.420. The maximum Gasteiger partial charge on any atom is 0.203 e. The topological polar surface area (TPSA) is 73.3 Å². The molecule has 0 bridgehead atoms. The van der Waals surface area contributed by atoms with E-state index in [0.29, 0.717) is 29.7 Å². The second kappa shape index (κ2) is 13.3. The van der Waals surface area contributed by atoms with Gasteiger partial charge in [-0.05, 0) is 49.4 Å². The minimum Gasteiger partial charge on any atom is -0.497 e. The Morgan fingerprint density at radius 2 is 1.59 bits per heavy atom. The molecule has 0 aliphatic rings. The van der Waals surface area contributed by atoms with Gasteiger partial charge in [-0.2, -0.15) is 0 Å². The molecule has 0 heterocycles. The third-order valence-corrected chi connectivity index (χ3v) is 5.33. The van der Waals surface area contributed by atoms with Crippen LogP contribution >= 0.6 is 0 Å². The van der Waals surface area contributed by atoms with E-state index in [9.17, 15) is 0 Å². The van der Waals surface area contributed by atoms with Crippen molar-refractivity contribution < 1.29 is 18.9 Å².